The fourth-order valence-corrected chi connectivity index (χ4v) is 3.18. The number of benzene rings is 1. The van der Waals surface area contributed by atoms with Crippen LogP contribution >= 0.6 is 15.9 Å². The number of likely N-dealkylation sites (N-methyl/N-ethyl adjacent to an activating group) is 1. The number of hydrogen-bond acceptors (Lipinski definition) is 2. The van der Waals surface area contributed by atoms with Crippen LogP contribution in [-0.2, 0) is 10.2 Å². The molecule has 1 aliphatic heterocycles. The third-order valence-electron chi connectivity index (χ3n) is 3.14. The van der Waals surface area contributed by atoms with Crippen molar-refractivity contribution in [3.63, 3.8) is 0 Å². The molecule has 1 N–H and O–H groups in total. The van der Waals surface area contributed by atoms with Crippen molar-refractivity contribution in [3.8, 4) is 0 Å². The van der Waals surface area contributed by atoms with Crippen molar-refractivity contribution in [2.75, 3.05) is 11.9 Å². The summed E-state index contributed by atoms with van der Waals surface area (Å²) in [7, 11) is 1.66. The molecule has 1 aromatic rings. The van der Waals surface area contributed by atoms with E-state index in [1.807, 2.05) is 13.8 Å². The van der Waals surface area contributed by atoms with Gasteiger partial charge in [0.25, 0.3) is 0 Å². The summed E-state index contributed by atoms with van der Waals surface area (Å²) in [6.07, 6.45) is 0. The average molecular weight is 298 g/mol. The van der Waals surface area contributed by atoms with E-state index in [0.29, 0.717) is 10.2 Å². The molecule has 4 nitrogen and oxygen atoms in total. The monoisotopic (exact) mass is 297 g/mol. The number of carboxylic acids is 1. The van der Waals surface area contributed by atoms with E-state index in [9.17, 15) is 9.59 Å². The van der Waals surface area contributed by atoms with E-state index in [0.717, 1.165) is 5.56 Å². The van der Waals surface area contributed by atoms with Crippen molar-refractivity contribution in [1.29, 1.82) is 0 Å². The van der Waals surface area contributed by atoms with Gasteiger partial charge in [-0.25, -0.2) is 4.79 Å². The molecule has 1 heterocycles. The third kappa shape index (κ3) is 1.57. The van der Waals surface area contributed by atoms with E-state index < -0.39 is 11.4 Å². The van der Waals surface area contributed by atoms with Gasteiger partial charge in [0.15, 0.2) is 0 Å². The minimum absolute atomic E-state index is 0.0317. The molecule has 1 amide bonds. The summed E-state index contributed by atoms with van der Waals surface area (Å²) in [5.74, 6) is -1.03. The largest absolute Gasteiger partial charge is 0.478 e. The van der Waals surface area contributed by atoms with Crippen LogP contribution in [0.5, 0.6) is 0 Å². The maximum atomic E-state index is 12.1. The number of rotatable bonds is 1. The van der Waals surface area contributed by atoms with Gasteiger partial charge in [0.2, 0.25) is 5.91 Å². The Hall–Kier alpha value is -1.36. The Kier molecular flexibility index (Phi) is 2.54. The molecule has 1 aliphatic rings. The number of hydrogen-bond donors (Lipinski definition) is 1. The van der Waals surface area contributed by atoms with Gasteiger partial charge in [0.1, 0.15) is 0 Å². The van der Waals surface area contributed by atoms with Crippen molar-refractivity contribution in [2.24, 2.45) is 0 Å². The van der Waals surface area contributed by atoms with Crippen LogP contribution in [0.2, 0.25) is 0 Å². The molecule has 1 aromatic carbocycles. The molecule has 5 heteroatoms. The minimum Gasteiger partial charge on any atom is -0.478 e. The fraction of sp³-hybridized carbons (Fsp3) is 0.333. The van der Waals surface area contributed by atoms with Gasteiger partial charge in [-0.15, -0.1) is 0 Å². The molecular weight excluding hydrogens is 286 g/mol. The molecule has 0 saturated carbocycles. The zero-order valence-corrected chi connectivity index (χ0v) is 11.3. The van der Waals surface area contributed by atoms with Gasteiger partial charge >= 0.3 is 5.97 Å². The number of nitrogens with zero attached hydrogens (tertiary/aromatic N) is 1. The van der Waals surface area contributed by atoms with E-state index >= 15 is 0 Å². The molecule has 2 rings (SSSR count). The summed E-state index contributed by atoms with van der Waals surface area (Å²) in [5, 5.41) is 9.00. The predicted molar refractivity (Wildman–Crippen MR) is 67.5 cm³/mol. The standard InChI is InChI=1S/C12H12BrNO3/c1-12(2)9-7(13)4-6(10(15)16)5-8(9)14(3)11(12)17/h4-5H,1-3H3,(H,15,16). The maximum absolute atomic E-state index is 12.1. The molecule has 0 unspecified atom stereocenters. The number of anilines is 1. The summed E-state index contributed by atoms with van der Waals surface area (Å²) in [6, 6.07) is 3.07. The second-order valence-corrected chi connectivity index (χ2v) is 5.50. The van der Waals surface area contributed by atoms with Gasteiger partial charge in [-0.1, -0.05) is 15.9 Å². The summed E-state index contributed by atoms with van der Waals surface area (Å²) in [6.45, 7) is 3.67. The number of carbonyl (C=O) groups is 2. The zero-order chi connectivity index (χ0) is 13.0. The fourth-order valence-electron chi connectivity index (χ4n) is 2.23. The molecule has 0 saturated heterocycles. The SMILES string of the molecule is CN1C(=O)C(C)(C)c2c(Br)cc(C(=O)O)cc21. The average Bonchev–Trinajstić information content (AvgIpc) is 2.40. The Balaban J connectivity index is 2.75. The Bertz CT molecular complexity index is 537. The quantitative estimate of drug-likeness (QED) is 0.866. The van der Waals surface area contributed by atoms with Gasteiger partial charge < -0.3 is 10.0 Å². The van der Waals surface area contributed by atoms with Gasteiger partial charge in [-0.2, -0.15) is 0 Å². The Morgan fingerprint density at radius 3 is 2.53 bits per heavy atom. The molecule has 0 atom stereocenters. The summed E-state index contributed by atoms with van der Waals surface area (Å²) < 4.78 is 0.662. The lowest BCUT2D eigenvalue weighted by Gasteiger charge is -2.17. The second kappa shape index (κ2) is 3.57. The van der Waals surface area contributed by atoms with E-state index in [1.54, 1.807) is 7.05 Å². The Morgan fingerprint density at radius 1 is 1.41 bits per heavy atom. The molecular formula is C12H12BrNO3. The van der Waals surface area contributed by atoms with Crippen LogP contribution < -0.4 is 4.90 Å². The van der Waals surface area contributed by atoms with Crippen LogP contribution in [0.3, 0.4) is 0 Å². The molecule has 0 aliphatic carbocycles. The first kappa shape index (κ1) is 12.1. The predicted octanol–water partition coefficient (Wildman–Crippen LogP) is 2.40. The summed E-state index contributed by atoms with van der Waals surface area (Å²) >= 11 is 3.35. The van der Waals surface area contributed by atoms with Gasteiger partial charge in [-0.3, -0.25) is 4.79 Å². The third-order valence-corrected chi connectivity index (χ3v) is 3.77. The highest BCUT2D eigenvalue weighted by Gasteiger charge is 2.44. The molecule has 0 aromatic heterocycles. The van der Waals surface area contributed by atoms with Gasteiger partial charge in [0, 0.05) is 22.8 Å². The van der Waals surface area contributed by atoms with E-state index in [4.69, 9.17) is 5.11 Å². The lowest BCUT2D eigenvalue weighted by molar-refractivity contribution is -0.121. The Labute approximate surface area is 107 Å². The highest BCUT2D eigenvalue weighted by molar-refractivity contribution is 9.10. The van der Waals surface area contributed by atoms with E-state index in [2.05, 4.69) is 15.9 Å². The normalized spacial score (nSPS) is 17.2. The first-order valence-electron chi connectivity index (χ1n) is 5.12. The van der Waals surface area contributed by atoms with Crippen LogP contribution in [-0.4, -0.2) is 24.0 Å². The van der Waals surface area contributed by atoms with Gasteiger partial charge in [0.05, 0.1) is 11.0 Å². The zero-order valence-electron chi connectivity index (χ0n) is 9.74. The topological polar surface area (TPSA) is 57.6 Å². The molecule has 0 bridgehead atoms. The summed E-state index contributed by atoms with van der Waals surface area (Å²) in [4.78, 5) is 24.6. The van der Waals surface area contributed by atoms with Crippen LogP contribution in [0.1, 0.15) is 29.8 Å². The van der Waals surface area contributed by atoms with Crippen LogP contribution in [0.25, 0.3) is 0 Å². The first-order valence-corrected chi connectivity index (χ1v) is 5.91. The van der Waals surface area contributed by atoms with Crippen molar-refractivity contribution < 1.29 is 14.7 Å². The number of carboxylic acid groups (broad SMARTS) is 1. The Morgan fingerprint density at radius 2 is 2.00 bits per heavy atom. The van der Waals surface area contributed by atoms with Crippen LogP contribution in [0.15, 0.2) is 16.6 Å². The smallest absolute Gasteiger partial charge is 0.335 e. The second-order valence-electron chi connectivity index (χ2n) is 4.65. The highest BCUT2D eigenvalue weighted by atomic mass is 79.9. The van der Waals surface area contributed by atoms with Crippen molar-refractivity contribution in [3.05, 3.63) is 27.7 Å². The van der Waals surface area contributed by atoms with Crippen molar-refractivity contribution in [2.45, 2.75) is 19.3 Å². The number of fused-ring (bicyclic) bond motifs is 1. The van der Waals surface area contributed by atoms with Crippen molar-refractivity contribution >= 4 is 33.5 Å². The number of halogens is 1. The highest BCUT2D eigenvalue weighted by Crippen LogP contribution is 2.45. The molecule has 0 fully saturated rings. The van der Waals surface area contributed by atoms with Crippen LogP contribution in [0, 0.1) is 0 Å². The molecule has 0 spiro atoms. The van der Waals surface area contributed by atoms with Crippen LogP contribution in [0.4, 0.5) is 5.69 Å². The van der Waals surface area contributed by atoms with E-state index in [-0.39, 0.29) is 11.5 Å². The van der Waals surface area contributed by atoms with Gasteiger partial charge in [-0.05, 0) is 26.0 Å². The maximum Gasteiger partial charge on any atom is 0.335 e. The summed E-state index contributed by atoms with van der Waals surface area (Å²) in [5.41, 5.74) is 1.05. The number of carbonyl (C=O) groups excluding carboxylic acids is 1. The number of aromatic carboxylic acids is 1. The molecule has 90 valence electrons. The van der Waals surface area contributed by atoms with E-state index in [1.165, 1.54) is 17.0 Å². The first-order chi connectivity index (χ1) is 7.76. The molecule has 0 radical (unpaired) electrons. The molecule has 17 heavy (non-hydrogen) atoms. The minimum atomic E-state index is -1.00. The lowest BCUT2D eigenvalue weighted by Crippen LogP contribution is -2.33. The van der Waals surface area contributed by atoms with Crippen molar-refractivity contribution in [1.82, 2.24) is 0 Å². The number of amides is 1. The lowest BCUT2D eigenvalue weighted by atomic mass is 9.86.